The zero-order valence-corrected chi connectivity index (χ0v) is 19.6. The van der Waals surface area contributed by atoms with Gasteiger partial charge in [0, 0.05) is 28.6 Å². The van der Waals surface area contributed by atoms with E-state index in [1.807, 2.05) is 6.07 Å². The number of nitrogens with zero attached hydrogens (tertiary/aromatic N) is 2. The van der Waals surface area contributed by atoms with Crippen molar-refractivity contribution in [2.75, 3.05) is 5.75 Å². The lowest BCUT2D eigenvalue weighted by molar-refractivity contribution is 0.102. The fourth-order valence-corrected chi connectivity index (χ4v) is 6.23. The zero-order valence-electron chi connectivity index (χ0n) is 18.1. The first kappa shape index (κ1) is 21.5. The van der Waals surface area contributed by atoms with Crippen LogP contribution in [-0.4, -0.2) is 21.1 Å². The molecule has 1 saturated carbocycles. The maximum atomic E-state index is 13.7. The largest absolute Gasteiger partial charge is 0.293 e. The minimum Gasteiger partial charge on any atom is -0.293 e. The lowest BCUT2D eigenvalue weighted by Gasteiger charge is -2.42. The molecular weight excluding hydrogens is 440 g/mol. The van der Waals surface area contributed by atoms with E-state index in [9.17, 15) is 9.59 Å². The Morgan fingerprint density at radius 2 is 1.81 bits per heavy atom. The molecule has 0 bridgehead atoms. The van der Waals surface area contributed by atoms with Gasteiger partial charge in [-0.15, -0.1) is 0 Å². The summed E-state index contributed by atoms with van der Waals surface area (Å²) in [6.07, 6.45) is 6.51. The van der Waals surface area contributed by atoms with Crippen molar-refractivity contribution in [1.29, 1.82) is 0 Å². The lowest BCUT2D eigenvalue weighted by Crippen LogP contribution is -2.42. The number of ketones is 1. The highest BCUT2D eigenvalue weighted by Gasteiger charge is 2.43. The van der Waals surface area contributed by atoms with Crippen molar-refractivity contribution in [2.24, 2.45) is 7.05 Å². The van der Waals surface area contributed by atoms with Crippen LogP contribution < -0.4 is 5.56 Å². The molecule has 2 aromatic carbocycles. The van der Waals surface area contributed by atoms with Crippen LogP contribution in [0.3, 0.4) is 0 Å². The highest BCUT2D eigenvalue weighted by Crippen LogP contribution is 2.48. The van der Waals surface area contributed by atoms with E-state index in [1.54, 1.807) is 35.9 Å². The minimum absolute atomic E-state index is 0.0113. The second-order valence-corrected chi connectivity index (χ2v) is 10.3. The fourth-order valence-electron chi connectivity index (χ4n) is 5.25. The molecule has 2 aliphatic carbocycles. The summed E-state index contributed by atoms with van der Waals surface area (Å²) in [5.41, 5.74) is 4.55. The number of benzene rings is 2. The first-order valence-corrected chi connectivity index (χ1v) is 12.5. The first-order chi connectivity index (χ1) is 15.5. The van der Waals surface area contributed by atoms with Gasteiger partial charge in [-0.1, -0.05) is 66.9 Å². The predicted molar refractivity (Wildman–Crippen MR) is 130 cm³/mol. The Hall–Kier alpha value is -2.37. The maximum absolute atomic E-state index is 13.7. The molecule has 164 valence electrons. The van der Waals surface area contributed by atoms with E-state index in [-0.39, 0.29) is 22.5 Å². The number of halogens is 1. The van der Waals surface area contributed by atoms with Gasteiger partial charge in [0.05, 0.1) is 17.0 Å². The average molecular weight is 465 g/mol. The second-order valence-electron chi connectivity index (χ2n) is 8.88. The van der Waals surface area contributed by atoms with Crippen molar-refractivity contribution < 1.29 is 4.79 Å². The summed E-state index contributed by atoms with van der Waals surface area (Å²) in [5, 5.41) is 1.18. The van der Waals surface area contributed by atoms with Gasteiger partial charge in [-0.05, 0) is 49.1 Å². The molecule has 1 aromatic heterocycles. The van der Waals surface area contributed by atoms with Crippen molar-refractivity contribution >= 4 is 29.1 Å². The Labute approximate surface area is 197 Å². The molecule has 0 atom stereocenters. The van der Waals surface area contributed by atoms with Crippen LogP contribution in [0.2, 0.25) is 5.02 Å². The standard InChI is InChI=1S/C26H25ClN2O2S/c1-29-24(31)22-23(28-25(29)32-16-21(30)17-9-11-19(27)12-10-17)20-8-4-3-7-18(20)15-26(22)13-5-2-6-14-26/h3-4,7-12H,2,5-6,13-16H2,1H3. The summed E-state index contributed by atoms with van der Waals surface area (Å²) in [5.74, 6) is 0.204. The number of carbonyl (C=O) groups is 1. The molecule has 0 aliphatic heterocycles. The van der Waals surface area contributed by atoms with E-state index >= 15 is 0 Å². The number of carbonyl (C=O) groups excluding carboxylic acids is 1. The number of fused-ring (bicyclic) bond motifs is 4. The molecule has 0 N–H and O–H groups in total. The van der Waals surface area contributed by atoms with E-state index in [0.717, 1.165) is 48.9 Å². The number of rotatable bonds is 4. The van der Waals surface area contributed by atoms with E-state index in [2.05, 4.69) is 18.2 Å². The molecule has 3 aromatic rings. The van der Waals surface area contributed by atoms with Gasteiger partial charge in [0.1, 0.15) is 0 Å². The Kier molecular flexibility index (Phi) is 5.72. The third-order valence-electron chi connectivity index (χ3n) is 6.89. The molecule has 1 spiro atoms. The number of hydrogen-bond donors (Lipinski definition) is 0. The Morgan fingerprint density at radius 1 is 1.09 bits per heavy atom. The van der Waals surface area contributed by atoms with E-state index in [0.29, 0.717) is 15.7 Å². The number of Topliss-reactive ketones (excluding diaryl/α,β-unsaturated/α-hetero) is 1. The second kappa shape index (κ2) is 8.53. The number of hydrogen-bond acceptors (Lipinski definition) is 4. The normalized spacial score (nSPS) is 16.4. The molecule has 2 aliphatic rings. The SMILES string of the molecule is Cn1c(SCC(=O)c2ccc(Cl)cc2)nc2c(c1=O)C1(CCCCC1)Cc1ccccc1-2. The monoisotopic (exact) mass is 464 g/mol. The van der Waals surface area contributed by atoms with Crippen LogP contribution in [0.25, 0.3) is 11.3 Å². The topological polar surface area (TPSA) is 52.0 Å². The highest BCUT2D eigenvalue weighted by molar-refractivity contribution is 7.99. The van der Waals surface area contributed by atoms with Crippen LogP contribution in [0.15, 0.2) is 58.5 Å². The first-order valence-electron chi connectivity index (χ1n) is 11.1. The Bertz CT molecular complexity index is 1240. The van der Waals surface area contributed by atoms with Crippen LogP contribution in [-0.2, 0) is 18.9 Å². The molecule has 0 amide bonds. The molecule has 0 unspecified atom stereocenters. The summed E-state index contributed by atoms with van der Waals surface area (Å²) < 4.78 is 1.64. The number of thioether (sulfide) groups is 1. The number of aromatic nitrogens is 2. The van der Waals surface area contributed by atoms with Gasteiger partial charge < -0.3 is 0 Å². The third-order valence-corrected chi connectivity index (χ3v) is 8.17. The Balaban J connectivity index is 1.54. The third kappa shape index (κ3) is 3.71. The molecule has 0 saturated heterocycles. The van der Waals surface area contributed by atoms with Crippen molar-refractivity contribution in [3.8, 4) is 11.3 Å². The highest BCUT2D eigenvalue weighted by atomic mass is 35.5. The molecule has 0 radical (unpaired) electrons. The van der Waals surface area contributed by atoms with Crippen LogP contribution in [0.1, 0.15) is 53.6 Å². The van der Waals surface area contributed by atoms with Gasteiger partial charge >= 0.3 is 0 Å². The van der Waals surface area contributed by atoms with Gasteiger partial charge in [-0.25, -0.2) is 4.98 Å². The van der Waals surface area contributed by atoms with Gasteiger partial charge in [0.15, 0.2) is 10.9 Å². The molecular formula is C26H25ClN2O2S. The maximum Gasteiger partial charge on any atom is 0.258 e. The fraction of sp³-hybridized carbons (Fsp3) is 0.346. The van der Waals surface area contributed by atoms with Gasteiger partial charge in [0.2, 0.25) is 0 Å². The van der Waals surface area contributed by atoms with Crippen LogP contribution in [0, 0.1) is 0 Å². The summed E-state index contributed by atoms with van der Waals surface area (Å²) in [6.45, 7) is 0. The molecule has 5 rings (SSSR count). The molecule has 6 heteroatoms. The molecule has 1 fully saturated rings. The summed E-state index contributed by atoms with van der Waals surface area (Å²) in [6, 6.07) is 15.2. The lowest BCUT2D eigenvalue weighted by atomic mass is 9.62. The van der Waals surface area contributed by atoms with Crippen LogP contribution >= 0.6 is 23.4 Å². The van der Waals surface area contributed by atoms with Crippen LogP contribution in [0.4, 0.5) is 0 Å². The van der Waals surface area contributed by atoms with E-state index in [1.165, 1.54) is 23.7 Å². The summed E-state index contributed by atoms with van der Waals surface area (Å²) >= 11 is 7.25. The van der Waals surface area contributed by atoms with Crippen molar-refractivity contribution in [3.05, 3.63) is 80.6 Å². The molecule has 32 heavy (non-hydrogen) atoms. The Morgan fingerprint density at radius 3 is 2.56 bits per heavy atom. The van der Waals surface area contributed by atoms with Gasteiger partial charge in [-0.2, -0.15) is 0 Å². The summed E-state index contributed by atoms with van der Waals surface area (Å²) in [7, 11) is 1.78. The summed E-state index contributed by atoms with van der Waals surface area (Å²) in [4.78, 5) is 31.4. The van der Waals surface area contributed by atoms with Crippen LogP contribution in [0.5, 0.6) is 0 Å². The molecule has 4 nitrogen and oxygen atoms in total. The smallest absolute Gasteiger partial charge is 0.258 e. The van der Waals surface area contributed by atoms with Gasteiger partial charge in [0.25, 0.3) is 5.56 Å². The van der Waals surface area contributed by atoms with Crippen molar-refractivity contribution in [1.82, 2.24) is 9.55 Å². The zero-order chi connectivity index (χ0) is 22.3. The van der Waals surface area contributed by atoms with Crippen molar-refractivity contribution in [3.63, 3.8) is 0 Å². The minimum atomic E-state index is -0.119. The molecule has 1 heterocycles. The van der Waals surface area contributed by atoms with E-state index in [4.69, 9.17) is 16.6 Å². The van der Waals surface area contributed by atoms with E-state index < -0.39 is 0 Å². The average Bonchev–Trinajstić information content (AvgIpc) is 2.81. The van der Waals surface area contributed by atoms with Gasteiger partial charge in [-0.3, -0.25) is 14.2 Å². The quantitative estimate of drug-likeness (QED) is 0.277. The van der Waals surface area contributed by atoms with Crippen molar-refractivity contribution in [2.45, 2.75) is 49.1 Å². The predicted octanol–water partition coefficient (Wildman–Crippen LogP) is 5.83.